The van der Waals surface area contributed by atoms with Gasteiger partial charge in [-0.2, -0.15) is 0 Å². The molecule has 0 fully saturated rings. The van der Waals surface area contributed by atoms with Crippen LogP contribution in [-0.2, 0) is 6.54 Å². The predicted octanol–water partition coefficient (Wildman–Crippen LogP) is 6.02. The number of rotatable bonds is 3. The molecule has 18 heavy (non-hydrogen) atoms. The van der Waals surface area contributed by atoms with Gasteiger partial charge in [0.15, 0.2) is 0 Å². The second-order valence-corrected chi connectivity index (χ2v) is 5.77. The van der Waals surface area contributed by atoms with Crippen LogP contribution in [0.1, 0.15) is 5.56 Å². The van der Waals surface area contributed by atoms with Crippen LogP contribution in [0.5, 0.6) is 0 Å². The van der Waals surface area contributed by atoms with Crippen LogP contribution in [0, 0.1) is 0 Å². The summed E-state index contributed by atoms with van der Waals surface area (Å²) in [6, 6.07) is 11.2. The molecule has 0 aliphatic carbocycles. The van der Waals surface area contributed by atoms with Gasteiger partial charge in [0.1, 0.15) is 0 Å². The fourth-order valence-electron chi connectivity index (χ4n) is 1.50. The molecule has 1 nitrogen and oxygen atoms in total. The van der Waals surface area contributed by atoms with Gasteiger partial charge in [-0.1, -0.05) is 62.9 Å². The highest BCUT2D eigenvalue weighted by Gasteiger charge is 2.05. The molecule has 2 aromatic carbocycles. The predicted molar refractivity (Wildman–Crippen MR) is 82.9 cm³/mol. The van der Waals surface area contributed by atoms with Crippen LogP contribution in [0.4, 0.5) is 5.69 Å². The van der Waals surface area contributed by atoms with E-state index < -0.39 is 0 Å². The lowest BCUT2D eigenvalue weighted by molar-refractivity contribution is 1.14. The van der Waals surface area contributed by atoms with Crippen molar-refractivity contribution >= 4 is 56.4 Å². The third-order valence-corrected chi connectivity index (χ3v) is 4.23. The highest BCUT2D eigenvalue weighted by Crippen LogP contribution is 2.30. The van der Waals surface area contributed by atoms with Gasteiger partial charge in [-0.3, -0.25) is 0 Å². The third-order valence-electron chi connectivity index (χ3n) is 2.44. The summed E-state index contributed by atoms with van der Waals surface area (Å²) in [5.74, 6) is 0. The maximum atomic E-state index is 6.10. The lowest BCUT2D eigenvalue weighted by Crippen LogP contribution is -2.00. The molecule has 1 N–H and O–H groups in total. The van der Waals surface area contributed by atoms with Gasteiger partial charge < -0.3 is 5.32 Å². The molecule has 0 bridgehead atoms. The highest BCUT2D eigenvalue weighted by molar-refractivity contribution is 9.10. The van der Waals surface area contributed by atoms with E-state index in [1.54, 1.807) is 6.07 Å². The molecule has 0 saturated heterocycles. The summed E-state index contributed by atoms with van der Waals surface area (Å²) >= 11 is 21.4. The molecule has 0 aliphatic rings. The monoisotopic (exact) mass is 363 g/mol. The molecule has 2 aromatic rings. The smallest absolute Gasteiger partial charge is 0.0823 e. The minimum atomic E-state index is 0.532. The molecule has 2 rings (SSSR count). The van der Waals surface area contributed by atoms with Crippen molar-refractivity contribution in [1.82, 2.24) is 0 Å². The van der Waals surface area contributed by atoms with Gasteiger partial charge in [0.05, 0.1) is 15.7 Å². The van der Waals surface area contributed by atoms with Crippen molar-refractivity contribution in [3.05, 3.63) is 61.5 Å². The Bertz CT molecular complexity index is 572. The zero-order chi connectivity index (χ0) is 13.1. The quantitative estimate of drug-likeness (QED) is 0.701. The number of nitrogens with one attached hydrogen (secondary N) is 1. The summed E-state index contributed by atoms with van der Waals surface area (Å²) in [4.78, 5) is 0. The summed E-state index contributed by atoms with van der Waals surface area (Å²) < 4.78 is 0.959. The molecule has 0 aliphatic heterocycles. The summed E-state index contributed by atoms with van der Waals surface area (Å²) in [6.45, 7) is 0.637. The van der Waals surface area contributed by atoms with Crippen LogP contribution in [0.2, 0.25) is 15.1 Å². The fourth-order valence-corrected chi connectivity index (χ4v) is 2.69. The molecule has 0 aromatic heterocycles. The molecule has 0 atom stereocenters. The zero-order valence-electron chi connectivity index (χ0n) is 9.18. The van der Waals surface area contributed by atoms with E-state index in [4.69, 9.17) is 34.8 Å². The van der Waals surface area contributed by atoms with Gasteiger partial charge in [-0.05, 0) is 29.8 Å². The Balaban J connectivity index is 2.14. The first kappa shape index (κ1) is 14.0. The van der Waals surface area contributed by atoms with Crippen molar-refractivity contribution in [3.8, 4) is 0 Å². The lowest BCUT2D eigenvalue weighted by atomic mass is 10.2. The molecule has 0 saturated carbocycles. The van der Waals surface area contributed by atoms with E-state index in [1.165, 1.54) is 0 Å². The first-order valence-electron chi connectivity index (χ1n) is 5.20. The molecule has 0 spiro atoms. The second kappa shape index (κ2) is 6.16. The van der Waals surface area contributed by atoms with Crippen molar-refractivity contribution in [2.75, 3.05) is 5.32 Å². The van der Waals surface area contributed by atoms with E-state index in [1.807, 2.05) is 30.3 Å². The van der Waals surface area contributed by atoms with Crippen molar-refractivity contribution in [1.29, 1.82) is 0 Å². The minimum Gasteiger partial charge on any atom is -0.380 e. The molecule has 0 radical (unpaired) electrons. The van der Waals surface area contributed by atoms with Gasteiger partial charge >= 0.3 is 0 Å². The van der Waals surface area contributed by atoms with E-state index in [0.29, 0.717) is 21.6 Å². The standard InChI is InChI=1S/C13H9BrCl3N/c14-10-6-9(15)5-4-8(10)7-18-12-3-1-2-11(16)13(12)17/h1-6,18H,7H2. The molecule has 0 amide bonds. The van der Waals surface area contributed by atoms with E-state index in [0.717, 1.165) is 15.7 Å². The van der Waals surface area contributed by atoms with E-state index in [2.05, 4.69) is 21.2 Å². The highest BCUT2D eigenvalue weighted by atomic mass is 79.9. The largest absolute Gasteiger partial charge is 0.380 e. The van der Waals surface area contributed by atoms with Crippen molar-refractivity contribution in [3.63, 3.8) is 0 Å². The van der Waals surface area contributed by atoms with Crippen molar-refractivity contribution in [2.45, 2.75) is 6.54 Å². The SMILES string of the molecule is Clc1ccc(CNc2cccc(Cl)c2Cl)c(Br)c1. The Morgan fingerprint density at radius 2 is 1.83 bits per heavy atom. The number of hydrogen-bond donors (Lipinski definition) is 1. The van der Waals surface area contributed by atoms with Crippen LogP contribution in [0.25, 0.3) is 0 Å². The third kappa shape index (κ3) is 3.33. The minimum absolute atomic E-state index is 0.532. The zero-order valence-corrected chi connectivity index (χ0v) is 13.0. The normalized spacial score (nSPS) is 10.4. The van der Waals surface area contributed by atoms with E-state index >= 15 is 0 Å². The van der Waals surface area contributed by atoms with Crippen LogP contribution in [0.15, 0.2) is 40.9 Å². The van der Waals surface area contributed by atoms with Gasteiger partial charge in [-0.15, -0.1) is 0 Å². The Labute approximate surface area is 129 Å². The fraction of sp³-hybridized carbons (Fsp3) is 0.0769. The van der Waals surface area contributed by atoms with Gasteiger partial charge in [0.25, 0.3) is 0 Å². The number of benzene rings is 2. The first-order valence-corrected chi connectivity index (χ1v) is 7.12. The molecule has 5 heteroatoms. The Hall–Kier alpha value is -0.410. The van der Waals surface area contributed by atoms with E-state index in [9.17, 15) is 0 Å². The van der Waals surface area contributed by atoms with Crippen LogP contribution < -0.4 is 5.32 Å². The molecular formula is C13H9BrCl3N. The summed E-state index contributed by atoms with van der Waals surface area (Å²) in [5, 5.41) is 5.01. The average Bonchev–Trinajstić information content (AvgIpc) is 2.33. The second-order valence-electron chi connectivity index (χ2n) is 3.69. The number of hydrogen-bond acceptors (Lipinski definition) is 1. The Kier molecular flexibility index (Phi) is 4.79. The van der Waals surface area contributed by atoms with Crippen molar-refractivity contribution in [2.24, 2.45) is 0 Å². The number of anilines is 1. The summed E-state index contributed by atoms with van der Waals surface area (Å²) in [6.07, 6.45) is 0. The van der Waals surface area contributed by atoms with E-state index in [-0.39, 0.29) is 0 Å². The molecule has 0 unspecified atom stereocenters. The first-order chi connectivity index (χ1) is 8.58. The summed E-state index contributed by atoms with van der Waals surface area (Å²) in [7, 11) is 0. The summed E-state index contributed by atoms with van der Waals surface area (Å²) in [5.41, 5.74) is 1.90. The van der Waals surface area contributed by atoms with Crippen LogP contribution >= 0.6 is 50.7 Å². The molecule has 94 valence electrons. The van der Waals surface area contributed by atoms with Gasteiger partial charge in [0, 0.05) is 16.0 Å². The number of halogens is 4. The van der Waals surface area contributed by atoms with Crippen LogP contribution in [0.3, 0.4) is 0 Å². The molecular weight excluding hydrogens is 356 g/mol. The molecule has 0 heterocycles. The van der Waals surface area contributed by atoms with Crippen molar-refractivity contribution < 1.29 is 0 Å². The maximum Gasteiger partial charge on any atom is 0.0823 e. The van der Waals surface area contributed by atoms with Gasteiger partial charge in [-0.25, -0.2) is 0 Å². The Morgan fingerprint density at radius 3 is 2.56 bits per heavy atom. The maximum absolute atomic E-state index is 6.10. The van der Waals surface area contributed by atoms with Crippen LogP contribution in [-0.4, -0.2) is 0 Å². The Morgan fingerprint density at radius 1 is 1.06 bits per heavy atom. The van der Waals surface area contributed by atoms with Gasteiger partial charge in [0.2, 0.25) is 0 Å². The lowest BCUT2D eigenvalue weighted by Gasteiger charge is -2.10. The topological polar surface area (TPSA) is 12.0 Å². The average molecular weight is 365 g/mol.